The number of carbonyl (C=O) groups is 1. The van der Waals surface area contributed by atoms with Crippen LogP contribution in [0, 0.1) is 5.92 Å². The van der Waals surface area contributed by atoms with E-state index in [1.54, 1.807) is 13.3 Å². The Hall–Kier alpha value is -4.01. The molecule has 40 heavy (non-hydrogen) atoms. The van der Waals surface area contributed by atoms with Gasteiger partial charge in [0.25, 0.3) is 0 Å². The lowest BCUT2D eigenvalue weighted by atomic mass is 9.82. The highest BCUT2D eigenvalue weighted by Crippen LogP contribution is 2.49. The summed E-state index contributed by atoms with van der Waals surface area (Å²) >= 11 is 0. The maximum absolute atomic E-state index is 13.0. The van der Waals surface area contributed by atoms with E-state index in [0.29, 0.717) is 24.0 Å². The number of rotatable bonds is 12. The number of fused-ring (bicyclic) bond motifs is 1. The first kappa shape index (κ1) is 27.6. The smallest absolute Gasteiger partial charge is 0.309 e. The molecule has 9 nitrogen and oxygen atoms in total. The number of carboxylic acids is 1. The molecule has 3 atom stereocenters. The number of aliphatic carboxylic acids is 1. The Kier molecular flexibility index (Phi) is 8.57. The second-order valence-corrected chi connectivity index (χ2v) is 10.4. The lowest BCUT2D eigenvalue weighted by molar-refractivity contribution is -0.142. The van der Waals surface area contributed by atoms with Crippen molar-refractivity contribution in [3.05, 3.63) is 65.9 Å². The summed E-state index contributed by atoms with van der Waals surface area (Å²) in [6, 6.07) is 14.8. The largest absolute Gasteiger partial charge is 0.497 e. The van der Waals surface area contributed by atoms with E-state index in [1.807, 2.05) is 48.5 Å². The third-order valence-corrected chi connectivity index (χ3v) is 7.84. The molecule has 212 valence electrons. The van der Waals surface area contributed by atoms with Gasteiger partial charge in [-0.2, -0.15) is 4.98 Å². The third kappa shape index (κ3) is 5.64. The zero-order valence-corrected chi connectivity index (χ0v) is 23.5. The Bertz CT molecular complexity index is 1290. The monoisotopic (exact) mass is 546 g/mol. The van der Waals surface area contributed by atoms with E-state index in [0.717, 1.165) is 61.5 Å². The van der Waals surface area contributed by atoms with E-state index < -0.39 is 17.9 Å². The Morgan fingerprint density at radius 1 is 1.02 bits per heavy atom. The van der Waals surface area contributed by atoms with Crippen LogP contribution in [0.3, 0.4) is 0 Å². The molecule has 3 heterocycles. The lowest BCUT2D eigenvalue weighted by Crippen LogP contribution is -2.31. The number of benzene rings is 2. The van der Waals surface area contributed by atoms with Gasteiger partial charge in [0.2, 0.25) is 12.7 Å². The summed E-state index contributed by atoms with van der Waals surface area (Å²) in [5.41, 5.74) is 1.80. The Morgan fingerprint density at radius 3 is 2.40 bits per heavy atom. The lowest BCUT2D eigenvalue weighted by Gasteiger charge is -2.29. The van der Waals surface area contributed by atoms with Crippen LogP contribution in [0.25, 0.3) is 0 Å². The molecule has 2 aromatic carbocycles. The molecular formula is C31H38N4O5. The average Bonchev–Trinajstić information content (AvgIpc) is 3.62. The van der Waals surface area contributed by atoms with Crippen molar-refractivity contribution in [1.29, 1.82) is 0 Å². The topological polar surface area (TPSA) is 97.3 Å². The first-order valence-corrected chi connectivity index (χ1v) is 14.1. The fourth-order valence-electron chi connectivity index (χ4n) is 5.70. The van der Waals surface area contributed by atoms with Crippen LogP contribution in [-0.4, -0.2) is 54.6 Å². The number of hydrogen-bond donors (Lipinski definition) is 1. The molecule has 5 rings (SSSR count). The fourth-order valence-corrected chi connectivity index (χ4v) is 5.70. The molecule has 9 heteroatoms. The zero-order chi connectivity index (χ0) is 28.1. The van der Waals surface area contributed by atoms with Crippen molar-refractivity contribution in [1.82, 2.24) is 9.97 Å². The summed E-state index contributed by atoms with van der Waals surface area (Å²) in [7, 11) is 1.62. The van der Waals surface area contributed by atoms with Gasteiger partial charge in [0.05, 0.1) is 19.1 Å². The number of carboxylic acid groups (broad SMARTS) is 1. The van der Waals surface area contributed by atoms with Gasteiger partial charge in [-0.15, -0.1) is 0 Å². The van der Waals surface area contributed by atoms with Crippen molar-refractivity contribution >= 4 is 17.7 Å². The molecule has 0 bridgehead atoms. The van der Waals surface area contributed by atoms with Crippen molar-refractivity contribution in [2.45, 2.75) is 51.5 Å². The second-order valence-electron chi connectivity index (χ2n) is 10.4. The van der Waals surface area contributed by atoms with E-state index in [-0.39, 0.29) is 12.7 Å². The highest BCUT2D eigenvalue weighted by molar-refractivity contribution is 5.76. The molecule has 0 aliphatic carbocycles. The summed E-state index contributed by atoms with van der Waals surface area (Å²) in [5.74, 6) is 1.58. The van der Waals surface area contributed by atoms with Gasteiger partial charge in [-0.3, -0.25) is 4.79 Å². The van der Waals surface area contributed by atoms with E-state index in [4.69, 9.17) is 19.2 Å². The summed E-state index contributed by atoms with van der Waals surface area (Å²) < 4.78 is 16.5. The van der Waals surface area contributed by atoms with Gasteiger partial charge in [0.1, 0.15) is 11.6 Å². The molecule has 1 saturated heterocycles. The average molecular weight is 547 g/mol. The van der Waals surface area contributed by atoms with Crippen molar-refractivity contribution in [2.24, 2.45) is 5.92 Å². The van der Waals surface area contributed by atoms with Gasteiger partial charge in [-0.05, 0) is 54.3 Å². The molecule has 2 aliphatic heterocycles. The van der Waals surface area contributed by atoms with Crippen LogP contribution in [0.2, 0.25) is 0 Å². The van der Waals surface area contributed by atoms with Crippen LogP contribution in [0.15, 0.2) is 54.7 Å². The maximum atomic E-state index is 13.0. The van der Waals surface area contributed by atoms with E-state index in [2.05, 4.69) is 28.6 Å². The zero-order valence-electron chi connectivity index (χ0n) is 23.5. The normalized spacial score (nSPS) is 19.6. The van der Waals surface area contributed by atoms with E-state index in [9.17, 15) is 9.90 Å². The molecule has 0 saturated carbocycles. The molecule has 1 N–H and O–H groups in total. The van der Waals surface area contributed by atoms with Crippen molar-refractivity contribution in [3.63, 3.8) is 0 Å². The number of nitrogens with zero attached hydrogens (tertiary/aromatic N) is 4. The number of hydrogen-bond acceptors (Lipinski definition) is 8. The summed E-state index contributed by atoms with van der Waals surface area (Å²) in [6.45, 7) is 6.79. The van der Waals surface area contributed by atoms with Gasteiger partial charge in [-0.1, -0.05) is 44.9 Å². The standard InChI is InChI=1S/C31H38N4O5/c1-4-6-16-34(17-7-5-2)31-32-15-14-27(33-31)35-19-24(22-10-13-25-26(18-22)40-20-39-25)28(30(36)37)29(35)21-8-11-23(38-3)12-9-21/h8-15,18,24,28-29H,4-7,16-17,19-20H2,1-3H3,(H,36,37)/t24?,28-,29+/m0/s1. The second kappa shape index (κ2) is 12.4. The highest BCUT2D eigenvalue weighted by atomic mass is 16.7. The molecule has 1 aromatic heterocycles. The Labute approximate surface area is 235 Å². The molecule has 0 radical (unpaired) electrons. The van der Waals surface area contributed by atoms with Crippen LogP contribution in [0.1, 0.15) is 62.6 Å². The first-order valence-electron chi connectivity index (χ1n) is 14.1. The summed E-state index contributed by atoms with van der Waals surface area (Å²) in [6.07, 6.45) is 6.08. The van der Waals surface area contributed by atoms with Crippen LogP contribution < -0.4 is 24.0 Å². The maximum Gasteiger partial charge on any atom is 0.309 e. The Balaban J connectivity index is 1.56. The molecule has 2 aliphatic rings. The molecule has 1 unspecified atom stereocenters. The number of aromatic nitrogens is 2. The molecule has 1 fully saturated rings. The van der Waals surface area contributed by atoms with E-state index in [1.165, 1.54) is 0 Å². The minimum atomic E-state index is -0.854. The summed E-state index contributed by atoms with van der Waals surface area (Å²) in [4.78, 5) is 27.0. The predicted octanol–water partition coefficient (Wildman–Crippen LogP) is 5.67. The van der Waals surface area contributed by atoms with E-state index >= 15 is 0 Å². The van der Waals surface area contributed by atoms with Crippen LogP contribution in [0.5, 0.6) is 17.2 Å². The van der Waals surface area contributed by atoms with Crippen LogP contribution in [0.4, 0.5) is 11.8 Å². The molecule has 3 aromatic rings. The van der Waals surface area contributed by atoms with Crippen molar-refractivity contribution in [3.8, 4) is 17.2 Å². The van der Waals surface area contributed by atoms with Gasteiger partial charge in [0.15, 0.2) is 11.5 Å². The summed E-state index contributed by atoms with van der Waals surface area (Å²) in [5, 5.41) is 10.6. The first-order chi connectivity index (χ1) is 19.5. The van der Waals surface area contributed by atoms with Gasteiger partial charge < -0.3 is 29.1 Å². The van der Waals surface area contributed by atoms with Crippen molar-refractivity contribution < 1.29 is 24.1 Å². The van der Waals surface area contributed by atoms with Crippen molar-refractivity contribution in [2.75, 3.05) is 43.3 Å². The minimum Gasteiger partial charge on any atom is -0.497 e. The fraction of sp³-hybridized carbons (Fsp3) is 0.452. The number of anilines is 2. The van der Waals surface area contributed by atoms with Gasteiger partial charge in [-0.25, -0.2) is 4.98 Å². The Morgan fingerprint density at radius 2 is 1.73 bits per heavy atom. The number of ether oxygens (including phenoxy) is 3. The van der Waals surface area contributed by atoms with Crippen LogP contribution >= 0.6 is 0 Å². The molecule has 0 spiro atoms. The predicted molar refractivity (Wildman–Crippen MR) is 154 cm³/mol. The highest BCUT2D eigenvalue weighted by Gasteiger charge is 2.48. The quantitative estimate of drug-likeness (QED) is 0.308. The SMILES string of the molecule is CCCCN(CCCC)c1nccc(N2CC(c3ccc4c(c3)OCO4)[C@H](C(=O)O)[C@H]2c2ccc(OC)cc2)n1. The number of unbranched alkanes of at least 4 members (excludes halogenated alkanes) is 2. The van der Waals surface area contributed by atoms with Gasteiger partial charge >= 0.3 is 5.97 Å². The third-order valence-electron chi connectivity index (χ3n) is 7.84. The van der Waals surface area contributed by atoms with Crippen LogP contribution in [-0.2, 0) is 4.79 Å². The number of methoxy groups -OCH3 is 1. The van der Waals surface area contributed by atoms with Gasteiger partial charge in [0, 0.05) is 31.7 Å². The molecule has 0 amide bonds. The molecular weight excluding hydrogens is 508 g/mol. The minimum absolute atomic E-state index is 0.169.